The van der Waals surface area contributed by atoms with Crippen LogP contribution in [0.2, 0.25) is 0 Å². The summed E-state index contributed by atoms with van der Waals surface area (Å²) in [5.74, 6) is 1.29. The molecule has 0 amide bonds. The summed E-state index contributed by atoms with van der Waals surface area (Å²) in [5.41, 5.74) is 0. The van der Waals surface area contributed by atoms with Crippen molar-refractivity contribution < 1.29 is 13.9 Å². The van der Waals surface area contributed by atoms with Crippen LogP contribution in [0.4, 0.5) is 0 Å². The second-order valence-electron chi connectivity index (χ2n) is 4.22. The van der Waals surface area contributed by atoms with Gasteiger partial charge in [0.2, 0.25) is 11.8 Å². The topological polar surface area (TPSA) is 60.6 Å². The largest absolute Gasteiger partial charge is 0.424 e. The van der Waals surface area contributed by atoms with Crippen LogP contribution in [0.1, 0.15) is 18.2 Å². The summed E-state index contributed by atoms with van der Waals surface area (Å²) in [6.07, 6.45) is 1.17. The molecule has 1 aromatic heterocycles. The van der Waals surface area contributed by atoms with E-state index in [4.69, 9.17) is 13.9 Å². The van der Waals surface area contributed by atoms with Crippen molar-refractivity contribution in [2.24, 2.45) is 0 Å². The van der Waals surface area contributed by atoms with Gasteiger partial charge in [-0.2, -0.15) is 0 Å². The van der Waals surface area contributed by atoms with Crippen molar-refractivity contribution in [2.75, 3.05) is 33.4 Å². The fourth-order valence-corrected chi connectivity index (χ4v) is 1.94. The van der Waals surface area contributed by atoms with Crippen LogP contribution in [0.5, 0.6) is 0 Å². The van der Waals surface area contributed by atoms with Gasteiger partial charge >= 0.3 is 0 Å². The summed E-state index contributed by atoms with van der Waals surface area (Å²) in [5, 5.41) is 7.83. The summed E-state index contributed by atoms with van der Waals surface area (Å²) < 4.78 is 16.1. The van der Waals surface area contributed by atoms with Crippen LogP contribution in [0.25, 0.3) is 0 Å². The van der Waals surface area contributed by atoms with Crippen molar-refractivity contribution in [2.45, 2.75) is 26.0 Å². The number of ether oxygens (including phenoxy) is 2. The van der Waals surface area contributed by atoms with Gasteiger partial charge in [-0.3, -0.25) is 4.90 Å². The number of hydrogen-bond acceptors (Lipinski definition) is 6. The molecular formula is C11H19N3O3. The number of morpholine rings is 1. The summed E-state index contributed by atoms with van der Waals surface area (Å²) in [7, 11) is 1.71. The van der Waals surface area contributed by atoms with Gasteiger partial charge in [-0.05, 0) is 6.42 Å². The van der Waals surface area contributed by atoms with Crippen LogP contribution in [0, 0.1) is 6.92 Å². The molecule has 0 N–H and O–H groups in total. The zero-order valence-corrected chi connectivity index (χ0v) is 10.4. The average Bonchev–Trinajstić information content (AvgIpc) is 2.73. The van der Waals surface area contributed by atoms with Crippen molar-refractivity contribution in [1.82, 2.24) is 15.1 Å². The zero-order valence-electron chi connectivity index (χ0n) is 10.4. The summed E-state index contributed by atoms with van der Waals surface area (Å²) in [4.78, 5) is 2.27. The van der Waals surface area contributed by atoms with Crippen LogP contribution < -0.4 is 0 Å². The lowest BCUT2D eigenvalue weighted by Crippen LogP contribution is -2.42. The molecular weight excluding hydrogens is 222 g/mol. The molecule has 1 atom stereocenters. The minimum Gasteiger partial charge on any atom is -0.424 e. The number of hydrogen-bond donors (Lipinski definition) is 0. The molecule has 0 saturated carbocycles. The first kappa shape index (κ1) is 12.5. The maximum atomic E-state index is 5.66. The van der Waals surface area contributed by atoms with Gasteiger partial charge in [0.15, 0.2) is 0 Å². The maximum Gasteiger partial charge on any atom is 0.230 e. The van der Waals surface area contributed by atoms with Gasteiger partial charge in [-0.1, -0.05) is 0 Å². The van der Waals surface area contributed by atoms with Gasteiger partial charge in [0.1, 0.15) is 0 Å². The molecule has 0 radical (unpaired) electrons. The normalized spacial score (nSPS) is 21.9. The number of aryl methyl sites for hydroxylation is 1. The first-order valence-corrected chi connectivity index (χ1v) is 5.90. The van der Waals surface area contributed by atoms with E-state index in [-0.39, 0.29) is 6.10 Å². The van der Waals surface area contributed by atoms with Crippen LogP contribution in [-0.4, -0.2) is 54.6 Å². The Morgan fingerprint density at radius 3 is 3.06 bits per heavy atom. The molecule has 2 rings (SSSR count). The highest BCUT2D eigenvalue weighted by Gasteiger charge is 2.21. The molecule has 1 aliphatic heterocycles. The third-order valence-electron chi connectivity index (χ3n) is 2.79. The predicted octanol–water partition coefficient (Wildman–Crippen LogP) is 0.615. The van der Waals surface area contributed by atoms with Crippen molar-refractivity contribution >= 4 is 0 Å². The highest BCUT2D eigenvalue weighted by atomic mass is 16.5. The Morgan fingerprint density at radius 2 is 2.35 bits per heavy atom. The van der Waals surface area contributed by atoms with Crippen LogP contribution in [0.3, 0.4) is 0 Å². The van der Waals surface area contributed by atoms with E-state index < -0.39 is 0 Å². The molecule has 6 heteroatoms. The molecule has 1 aromatic rings. The first-order valence-electron chi connectivity index (χ1n) is 5.90. The SMILES string of the molecule is COCC[C@@H]1CN(Cc2nnc(C)o2)CCO1. The van der Waals surface area contributed by atoms with Crippen molar-refractivity contribution in [3.8, 4) is 0 Å². The fraction of sp³-hybridized carbons (Fsp3) is 0.818. The van der Waals surface area contributed by atoms with Crippen molar-refractivity contribution in [3.63, 3.8) is 0 Å². The van der Waals surface area contributed by atoms with Crippen LogP contribution in [0.15, 0.2) is 4.42 Å². The monoisotopic (exact) mass is 241 g/mol. The molecule has 0 aromatic carbocycles. The molecule has 0 spiro atoms. The molecule has 1 fully saturated rings. The lowest BCUT2D eigenvalue weighted by atomic mass is 10.2. The molecule has 17 heavy (non-hydrogen) atoms. The lowest BCUT2D eigenvalue weighted by Gasteiger charge is -2.31. The Hall–Kier alpha value is -0.980. The average molecular weight is 241 g/mol. The Kier molecular flexibility index (Phi) is 4.47. The predicted molar refractivity (Wildman–Crippen MR) is 60.5 cm³/mol. The number of rotatable bonds is 5. The van der Waals surface area contributed by atoms with Crippen molar-refractivity contribution in [1.29, 1.82) is 0 Å². The third kappa shape index (κ3) is 3.76. The highest BCUT2D eigenvalue weighted by molar-refractivity contribution is 4.81. The Labute approximate surface area is 101 Å². The minimum atomic E-state index is 0.243. The van der Waals surface area contributed by atoms with E-state index in [0.717, 1.165) is 32.7 Å². The van der Waals surface area contributed by atoms with Gasteiger partial charge in [0.05, 0.1) is 19.3 Å². The molecule has 0 unspecified atom stereocenters. The van der Waals surface area contributed by atoms with Gasteiger partial charge in [0, 0.05) is 33.7 Å². The van der Waals surface area contributed by atoms with E-state index in [1.165, 1.54) is 0 Å². The number of nitrogens with zero attached hydrogens (tertiary/aromatic N) is 3. The second kappa shape index (κ2) is 6.09. The second-order valence-corrected chi connectivity index (χ2v) is 4.22. The zero-order chi connectivity index (χ0) is 12.1. The molecule has 96 valence electrons. The molecule has 0 bridgehead atoms. The molecule has 0 aliphatic carbocycles. The smallest absolute Gasteiger partial charge is 0.230 e. The third-order valence-corrected chi connectivity index (χ3v) is 2.79. The molecule has 2 heterocycles. The van der Waals surface area contributed by atoms with E-state index in [1.807, 2.05) is 0 Å². The lowest BCUT2D eigenvalue weighted by molar-refractivity contribution is -0.0452. The van der Waals surface area contributed by atoms with E-state index in [2.05, 4.69) is 15.1 Å². The standard InChI is InChI=1S/C11H19N3O3/c1-9-12-13-11(17-9)8-14-4-6-16-10(7-14)3-5-15-2/h10H,3-8H2,1-2H3/t10-/m1/s1. The quantitative estimate of drug-likeness (QED) is 0.753. The Bertz CT molecular complexity index is 342. The highest BCUT2D eigenvalue weighted by Crippen LogP contribution is 2.11. The van der Waals surface area contributed by atoms with E-state index in [9.17, 15) is 0 Å². The van der Waals surface area contributed by atoms with Gasteiger partial charge < -0.3 is 13.9 Å². The summed E-state index contributed by atoms with van der Waals surface area (Å²) in [6, 6.07) is 0. The molecule has 6 nitrogen and oxygen atoms in total. The fourth-order valence-electron chi connectivity index (χ4n) is 1.94. The van der Waals surface area contributed by atoms with E-state index >= 15 is 0 Å². The maximum absolute atomic E-state index is 5.66. The van der Waals surface area contributed by atoms with Crippen LogP contribution >= 0.6 is 0 Å². The molecule has 1 saturated heterocycles. The molecule has 1 aliphatic rings. The minimum absolute atomic E-state index is 0.243. The van der Waals surface area contributed by atoms with Gasteiger partial charge in [-0.15, -0.1) is 10.2 Å². The number of aromatic nitrogens is 2. The Morgan fingerprint density at radius 1 is 1.47 bits per heavy atom. The van der Waals surface area contributed by atoms with Crippen LogP contribution in [-0.2, 0) is 16.0 Å². The van der Waals surface area contributed by atoms with Gasteiger partial charge in [-0.25, -0.2) is 0 Å². The first-order chi connectivity index (χ1) is 8.28. The van der Waals surface area contributed by atoms with E-state index in [0.29, 0.717) is 18.3 Å². The number of methoxy groups -OCH3 is 1. The summed E-state index contributed by atoms with van der Waals surface area (Å²) >= 11 is 0. The van der Waals surface area contributed by atoms with Gasteiger partial charge in [0.25, 0.3) is 0 Å². The van der Waals surface area contributed by atoms with Crippen molar-refractivity contribution in [3.05, 3.63) is 11.8 Å². The van der Waals surface area contributed by atoms with E-state index in [1.54, 1.807) is 14.0 Å². The summed E-state index contributed by atoms with van der Waals surface area (Å²) in [6.45, 7) is 5.79. The Balaban J connectivity index is 1.80.